The minimum absolute atomic E-state index is 0.788. The van der Waals surface area contributed by atoms with E-state index in [2.05, 4.69) is 62.4 Å². The molecular weight excluding hydrogens is 384 g/mol. The molecule has 0 bridgehead atoms. The molecule has 0 aromatic heterocycles. The average molecular weight is 431 g/mol. The highest BCUT2D eigenvalue weighted by molar-refractivity contribution is 5.64. The fourth-order valence-electron chi connectivity index (χ4n) is 6.59. The third-order valence-corrected chi connectivity index (χ3v) is 8.72. The number of rotatable bonds is 9. The van der Waals surface area contributed by atoms with E-state index in [0.29, 0.717) is 0 Å². The number of benzene rings is 2. The normalized spacial score (nSPS) is 26.2. The van der Waals surface area contributed by atoms with E-state index in [-0.39, 0.29) is 0 Å². The molecule has 0 amide bonds. The number of hydrogen-bond acceptors (Lipinski definition) is 0. The van der Waals surface area contributed by atoms with Gasteiger partial charge in [0.05, 0.1) is 0 Å². The summed E-state index contributed by atoms with van der Waals surface area (Å²) in [6, 6.07) is 19.0. The molecule has 0 aliphatic heterocycles. The largest absolute Gasteiger partial charge is 0.0654 e. The highest BCUT2D eigenvalue weighted by Gasteiger charge is 2.22. The summed E-state index contributed by atoms with van der Waals surface area (Å²) in [5.41, 5.74) is 5.82. The van der Waals surface area contributed by atoms with Crippen LogP contribution in [0.4, 0.5) is 0 Å². The molecule has 0 spiro atoms. The molecule has 0 saturated heterocycles. The van der Waals surface area contributed by atoms with Crippen molar-refractivity contribution < 1.29 is 0 Å². The van der Waals surface area contributed by atoms with Crippen LogP contribution < -0.4 is 0 Å². The van der Waals surface area contributed by atoms with Crippen molar-refractivity contribution in [3.8, 4) is 11.1 Å². The van der Waals surface area contributed by atoms with Crippen molar-refractivity contribution in [2.75, 3.05) is 0 Å². The molecule has 2 aliphatic carbocycles. The minimum Gasteiger partial charge on any atom is -0.0654 e. The van der Waals surface area contributed by atoms with Crippen molar-refractivity contribution in [3.05, 3.63) is 59.7 Å². The minimum atomic E-state index is 0.788. The van der Waals surface area contributed by atoms with Gasteiger partial charge in [-0.2, -0.15) is 0 Å². The summed E-state index contributed by atoms with van der Waals surface area (Å²) < 4.78 is 0. The Hall–Kier alpha value is -1.56. The smallest absolute Gasteiger partial charge is 0.0162 e. The standard InChI is InChI=1S/C32H46/c1-3-5-25-7-9-27(10-8-25)11-12-28-15-19-30(20-16-28)32-23-21-31(22-24-32)29-17-13-26(6-4-2)14-18-29/h15-16,19-27,29H,3-14,17-18H2,1-2H3/t25-,26-,27-,29-. The van der Waals surface area contributed by atoms with Crippen LogP contribution in [0.3, 0.4) is 0 Å². The number of aryl methyl sites for hydroxylation is 1. The summed E-state index contributed by atoms with van der Waals surface area (Å²) in [4.78, 5) is 0. The van der Waals surface area contributed by atoms with Gasteiger partial charge in [-0.25, -0.2) is 0 Å². The predicted octanol–water partition coefficient (Wildman–Crippen LogP) is 9.97. The van der Waals surface area contributed by atoms with E-state index in [1.54, 1.807) is 5.56 Å². The van der Waals surface area contributed by atoms with Gasteiger partial charge in [-0.05, 0) is 84.5 Å². The Labute approximate surface area is 198 Å². The van der Waals surface area contributed by atoms with Crippen LogP contribution in [0.25, 0.3) is 11.1 Å². The molecule has 0 N–H and O–H groups in total. The molecular formula is C32H46. The quantitative estimate of drug-likeness (QED) is 0.371. The van der Waals surface area contributed by atoms with E-state index in [1.807, 2.05) is 0 Å². The van der Waals surface area contributed by atoms with Crippen molar-refractivity contribution in [3.63, 3.8) is 0 Å². The van der Waals surface area contributed by atoms with Crippen LogP contribution in [0.2, 0.25) is 0 Å². The molecule has 0 heterocycles. The lowest BCUT2D eigenvalue weighted by molar-refractivity contribution is 0.252. The summed E-state index contributed by atoms with van der Waals surface area (Å²) in [6.45, 7) is 4.67. The van der Waals surface area contributed by atoms with Crippen LogP contribution in [-0.4, -0.2) is 0 Å². The summed E-state index contributed by atoms with van der Waals surface area (Å²) >= 11 is 0. The fraction of sp³-hybridized carbons (Fsp3) is 0.625. The first-order valence-corrected chi connectivity index (χ1v) is 13.9. The van der Waals surface area contributed by atoms with Crippen LogP contribution in [-0.2, 0) is 6.42 Å². The molecule has 2 saturated carbocycles. The van der Waals surface area contributed by atoms with Gasteiger partial charge in [-0.1, -0.05) is 114 Å². The third kappa shape index (κ3) is 6.49. The molecule has 32 heavy (non-hydrogen) atoms. The van der Waals surface area contributed by atoms with Gasteiger partial charge in [0.25, 0.3) is 0 Å². The lowest BCUT2D eigenvalue weighted by atomic mass is 9.77. The molecule has 0 unspecified atom stereocenters. The Balaban J connectivity index is 1.25. The van der Waals surface area contributed by atoms with Crippen molar-refractivity contribution >= 4 is 0 Å². The summed E-state index contributed by atoms with van der Waals surface area (Å²) in [5, 5.41) is 0. The van der Waals surface area contributed by atoms with Gasteiger partial charge in [-0.15, -0.1) is 0 Å². The monoisotopic (exact) mass is 430 g/mol. The summed E-state index contributed by atoms with van der Waals surface area (Å²) in [7, 11) is 0. The van der Waals surface area contributed by atoms with Crippen LogP contribution >= 0.6 is 0 Å². The first-order chi connectivity index (χ1) is 15.7. The Morgan fingerprint density at radius 1 is 0.531 bits per heavy atom. The van der Waals surface area contributed by atoms with Crippen molar-refractivity contribution in [2.45, 2.75) is 110 Å². The first-order valence-electron chi connectivity index (χ1n) is 13.9. The van der Waals surface area contributed by atoms with Crippen molar-refractivity contribution in [1.29, 1.82) is 0 Å². The zero-order chi connectivity index (χ0) is 22.2. The van der Waals surface area contributed by atoms with E-state index in [1.165, 1.54) is 107 Å². The zero-order valence-corrected chi connectivity index (χ0v) is 20.8. The van der Waals surface area contributed by atoms with Crippen LogP contribution in [0.15, 0.2) is 48.5 Å². The van der Waals surface area contributed by atoms with Gasteiger partial charge < -0.3 is 0 Å². The molecule has 2 aromatic rings. The van der Waals surface area contributed by atoms with Crippen molar-refractivity contribution in [2.24, 2.45) is 17.8 Å². The topological polar surface area (TPSA) is 0 Å². The van der Waals surface area contributed by atoms with Gasteiger partial charge in [-0.3, -0.25) is 0 Å². The second-order valence-corrected chi connectivity index (χ2v) is 11.0. The Bertz CT molecular complexity index is 768. The first kappa shape index (κ1) is 23.6. The second-order valence-electron chi connectivity index (χ2n) is 11.0. The van der Waals surface area contributed by atoms with E-state index < -0.39 is 0 Å². The van der Waals surface area contributed by atoms with Gasteiger partial charge in [0.1, 0.15) is 0 Å². The maximum absolute atomic E-state index is 2.41. The molecule has 2 fully saturated rings. The summed E-state index contributed by atoms with van der Waals surface area (Å²) in [5.74, 6) is 3.77. The summed E-state index contributed by atoms with van der Waals surface area (Å²) in [6.07, 6.45) is 19.8. The van der Waals surface area contributed by atoms with Gasteiger partial charge in [0.2, 0.25) is 0 Å². The van der Waals surface area contributed by atoms with Crippen molar-refractivity contribution in [1.82, 2.24) is 0 Å². The lowest BCUT2D eigenvalue weighted by Crippen LogP contribution is -2.15. The maximum atomic E-state index is 2.41. The van der Waals surface area contributed by atoms with Gasteiger partial charge in [0.15, 0.2) is 0 Å². The fourth-order valence-corrected chi connectivity index (χ4v) is 6.59. The van der Waals surface area contributed by atoms with E-state index in [4.69, 9.17) is 0 Å². The van der Waals surface area contributed by atoms with Gasteiger partial charge in [0, 0.05) is 0 Å². The van der Waals surface area contributed by atoms with Crippen LogP contribution in [0, 0.1) is 17.8 Å². The lowest BCUT2D eigenvalue weighted by Gasteiger charge is -2.28. The van der Waals surface area contributed by atoms with Crippen LogP contribution in [0.1, 0.15) is 114 Å². The Morgan fingerprint density at radius 3 is 1.47 bits per heavy atom. The molecule has 0 heteroatoms. The molecule has 0 nitrogen and oxygen atoms in total. The Morgan fingerprint density at radius 2 is 0.969 bits per heavy atom. The maximum Gasteiger partial charge on any atom is -0.0162 e. The van der Waals surface area contributed by atoms with E-state index in [0.717, 1.165) is 23.7 Å². The predicted molar refractivity (Wildman–Crippen MR) is 140 cm³/mol. The number of hydrogen-bond donors (Lipinski definition) is 0. The van der Waals surface area contributed by atoms with Crippen LogP contribution in [0.5, 0.6) is 0 Å². The molecule has 174 valence electrons. The SMILES string of the molecule is CCC[C@H]1CC[C@H](CCc2ccc(-c3ccc([C@H]4CC[C@H](CCC)CC4)cc3)cc2)CC1. The highest BCUT2D eigenvalue weighted by Crippen LogP contribution is 2.38. The molecule has 4 rings (SSSR count). The zero-order valence-electron chi connectivity index (χ0n) is 20.8. The van der Waals surface area contributed by atoms with E-state index >= 15 is 0 Å². The Kier molecular flexibility index (Phi) is 8.89. The average Bonchev–Trinajstić information content (AvgIpc) is 2.85. The molecule has 2 aromatic carbocycles. The van der Waals surface area contributed by atoms with Gasteiger partial charge >= 0.3 is 0 Å². The molecule has 0 atom stereocenters. The highest BCUT2D eigenvalue weighted by atomic mass is 14.3. The second kappa shape index (κ2) is 12.1. The molecule has 0 radical (unpaired) electrons. The van der Waals surface area contributed by atoms with E-state index in [9.17, 15) is 0 Å². The third-order valence-electron chi connectivity index (χ3n) is 8.72. The molecule has 2 aliphatic rings.